The Balaban J connectivity index is 1.85. The van der Waals surface area contributed by atoms with Crippen molar-refractivity contribution in [1.82, 2.24) is 10.0 Å². The van der Waals surface area contributed by atoms with Crippen LogP contribution in [0.5, 0.6) is 0 Å². The largest absolute Gasteiger partial charge is 0.444 e. The predicted octanol–water partition coefficient (Wildman–Crippen LogP) is 3.97. The summed E-state index contributed by atoms with van der Waals surface area (Å²) in [6, 6.07) is 4.19. The number of alkyl carbamates (subject to hydrolysis) is 1. The number of hydrogen-bond acceptors (Lipinski definition) is 4. The zero-order valence-electron chi connectivity index (χ0n) is 15.0. The average molecular weight is 423 g/mol. The molecule has 26 heavy (non-hydrogen) atoms. The lowest BCUT2D eigenvalue weighted by molar-refractivity contribution is 0.0504. The number of amides is 1. The van der Waals surface area contributed by atoms with Crippen LogP contribution >= 0.6 is 23.2 Å². The molecule has 0 spiro atoms. The van der Waals surface area contributed by atoms with Gasteiger partial charge < -0.3 is 10.1 Å². The Kier molecular flexibility index (Phi) is 6.82. The second-order valence-corrected chi connectivity index (χ2v) is 10.0. The van der Waals surface area contributed by atoms with Crippen LogP contribution in [0.1, 0.15) is 40.0 Å². The van der Waals surface area contributed by atoms with Crippen molar-refractivity contribution >= 4 is 39.3 Å². The number of nitrogens with one attached hydrogen (secondary N) is 2. The lowest BCUT2D eigenvalue weighted by atomic mass is 10.1. The smallest absolute Gasteiger partial charge is 0.407 e. The highest BCUT2D eigenvalue weighted by Crippen LogP contribution is 2.27. The summed E-state index contributed by atoms with van der Waals surface area (Å²) in [4.78, 5) is 11.9. The Bertz CT molecular complexity index is 763. The molecule has 1 aliphatic carbocycles. The number of sulfonamides is 1. The van der Waals surface area contributed by atoms with Gasteiger partial charge in [-0.1, -0.05) is 23.2 Å². The molecule has 146 valence electrons. The number of halogens is 2. The van der Waals surface area contributed by atoms with Crippen LogP contribution in [0.4, 0.5) is 4.79 Å². The highest BCUT2D eigenvalue weighted by atomic mass is 35.5. The van der Waals surface area contributed by atoms with E-state index >= 15 is 0 Å². The van der Waals surface area contributed by atoms with Crippen LogP contribution in [-0.4, -0.2) is 32.7 Å². The van der Waals surface area contributed by atoms with Gasteiger partial charge in [0.05, 0.1) is 14.9 Å². The molecule has 6 nitrogen and oxygen atoms in total. The number of ether oxygens (including phenoxy) is 1. The molecule has 1 fully saturated rings. The minimum atomic E-state index is -3.66. The highest BCUT2D eigenvalue weighted by Gasteiger charge is 2.28. The standard InChI is InChI=1S/C17H24Cl2N2O4S/c1-17(2,3)25-16(22)21-12-5-4-11(8-12)10-20-26(23,24)13-6-7-14(18)15(19)9-13/h6-7,9,11-12,20H,4-5,8,10H2,1-3H3,(H,21,22)/t11-,12+/m0/s1. The molecule has 1 amide bonds. The summed E-state index contributed by atoms with van der Waals surface area (Å²) in [7, 11) is -3.66. The normalized spacial score (nSPS) is 20.8. The van der Waals surface area contributed by atoms with Crippen LogP contribution in [0.15, 0.2) is 23.1 Å². The molecule has 2 atom stereocenters. The monoisotopic (exact) mass is 422 g/mol. The number of benzene rings is 1. The third-order valence-electron chi connectivity index (χ3n) is 4.03. The first kappa shape index (κ1) is 21.3. The molecule has 1 aliphatic rings. The van der Waals surface area contributed by atoms with Crippen molar-refractivity contribution in [3.63, 3.8) is 0 Å². The number of carbonyl (C=O) groups excluding carboxylic acids is 1. The maximum absolute atomic E-state index is 12.4. The van der Waals surface area contributed by atoms with E-state index in [1.54, 1.807) is 0 Å². The minimum Gasteiger partial charge on any atom is -0.444 e. The van der Waals surface area contributed by atoms with Gasteiger partial charge in [-0.05, 0) is 64.2 Å². The van der Waals surface area contributed by atoms with Gasteiger partial charge in [-0.25, -0.2) is 17.9 Å². The number of carbonyl (C=O) groups is 1. The summed E-state index contributed by atoms with van der Waals surface area (Å²) in [5, 5.41) is 3.33. The molecular formula is C17H24Cl2N2O4S. The summed E-state index contributed by atoms with van der Waals surface area (Å²) in [6.45, 7) is 5.72. The van der Waals surface area contributed by atoms with Gasteiger partial charge in [0, 0.05) is 12.6 Å². The molecular weight excluding hydrogens is 399 g/mol. The van der Waals surface area contributed by atoms with E-state index in [4.69, 9.17) is 27.9 Å². The second kappa shape index (κ2) is 8.33. The van der Waals surface area contributed by atoms with Crippen LogP contribution < -0.4 is 10.0 Å². The summed E-state index contributed by atoms with van der Waals surface area (Å²) < 4.78 is 32.6. The lowest BCUT2D eigenvalue weighted by Gasteiger charge is -2.21. The Morgan fingerprint density at radius 3 is 2.54 bits per heavy atom. The van der Waals surface area contributed by atoms with Gasteiger partial charge in [0.2, 0.25) is 10.0 Å². The average Bonchev–Trinajstić information content (AvgIpc) is 2.93. The molecule has 1 saturated carbocycles. The summed E-state index contributed by atoms with van der Waals surface area (Å²) in [6.07, 6.45) is 1.87. The second-order valence-electron chi connectivity index (χ2n) is 7.45. The molecule has 0 aliphatic heterocycles. The predicted molar refractivity (Wildman–Crippen MR) is 102 cm³/mol. The van der Waals surface area contributed by atoms with Gasteiger partial charge in [0.25, 0.3) is 0 Å². The first-order chi connectivity index (χ1) is 12.0. The van der Waals surface area contributed by atoms with Crippen molar-refractivity contribution in [2.45, 2.75) is 56.6 Å². The molecule has 0 saturated heterocycles. The van der Waals surface area contributed by atoms with Crippen LogP contribution in [0.3, 0.4) is 0 Å². The van der Waals surface area contributed by atoms with E-state index in [9.17, 15) is 13.2 Å². The van der Waals surface area contributed by atoms with E-state index in [2.05, 4.69) is 10.0 Å². The highest BCUT2D eigenvalue weighted by molar-refractivity contribution is 7.89. The van der Waals surface area contributed by atoms with E-state index in [-0.39, 0.29) is 21.9 Å². The molecule has 9 heteroatoms. The fourth-order valence-corrected chi connectivity index (χ4v) is 4.33. The Labute approximate surface area is 164 Å². The first-order valence-electron chi connectivity index (χ1n) is 8.40. The maximum Gasteiger partial charge on any atom is 0.407 e. The van der Waals surface area contributed by atoms with Crippen molar-refractivity contribution in [2.75, 3.05) is 6.54 Å². The van der Waals surface area contributed by atoms with E-state index < -0.39 is 21.7 Å². The van der Waals surface area contributed by atoms with Crippen LogP contribution in [0.2, 0.25) is 10.0 Å². The molecule has 0 bridgehead atoms. The van der Waals surface area contributed by atoms with E-state index in [0.29, 0.717) is 18.0 Å². The Hall–Kier alpha value is -1.02. The molecule has 0 aromatic heterocycles. The van der Waals surface area contributed by atoms with Gasteiger partial charge in [-0.15, -0.1) is 0 Å². The summed E-state index contributed by atoms with van der Waals surface area (Å²) >= 11 is 11.7. The quantitative estimate of drug-likeness (QED) is 0.751. The third kappa shape index (κ3) is 6.30. The topological polar surface area (TPSA) is 84.5 Å². The Morgan fingerprint density at radius 1 is 1.23 bits per heavy atom. The van der Waals surface area contributed by atoms with Gasteiger partial charge in [-0.3, -0.25) is 0 Å². The van der Waals surface area contributed by atoms with Crippen LogP contribution in [0.25, 0.3) is 0 Å². The minimum absolute atomic E-state index is 0.00988. The maximum atomic E-state index is 12.4. The van der Waals surface area contributed by atoms with Crippen LogP contribution in [-0.2, 0) is 14.8 Å². The fraction of sp³-hybridized carbons (Fsp3) is 0.588. The van der Waals surface area contributed by atoms with Crippen molar-refractivity contribution in [1.29, 1.82) is 0 Å². The van der Waals surface area contributed by atoms with Crippen molar-refractivity contribution in [3.8, 4) is 0 Å². The molecule has 2 N–H and O–H groups in total. The zero-order valence-corrected chi connectivity index (χ0v) is 17.3. The summed E-state index contributed by atoms with van der Waals surface area (Å²) in [5.41, 5.74) is -0.544. The zero-order chi connectivity index (χ0) is 19.5. The third-order valence-corrected chi connectivity index (χ3v) is 6.19. The first-order valence-corrected chi connectivity index (χ1v) is 10.6. The summed E-state index contributed by atoms with van der Waals surface area (Å²) in [5.74, 6) is 0.146. The van der Waals surface area contributed by atoms with E-state index in [0.717, 1.165) is 12.8 Å². The van der Waals surface area contributed by atoms with E-state index in [1.807, 2.05) is 20.8 Å². The van der Waals surface area contributed by atoms with Crippen molar-refractivity contribution in [2.24, 2.45) is 5.92 Å². The van der Waals surface area contributed by atoms with Crippen LogP contribution in [0, 0.1) is 5.92 Å². The SMILES string of the molecule is CC(C)(C)OC(=O)N[C@@H]1CC[C@H](CNS(=O)(=O)c2ccc(Cl)c(Cl)c2)C1. The van der Waals surface area contributed by atoms with Gasteiger partial charge >= 0.3 is 6.09 Å². The molecule has 0 heterocycles. The Morgan fingerprint density at radius 2 is 1.92 bits per heavy atom. The van der Waals surface area contributed by atoms with E-state index in [1.165, 1.54) is 18.2 Å². The molecule has 2 rings (SSSR count). The van der Waals surface area contributed by atoms with Gasteiger partial charge in [0.15, 0.2) is 0 Å². The number of hydrogen-bond donors (Lipinski definition) is 2. The van der Waals surface area contributed by atoms with Crippen molar-refractivity contribution in [3.05, 3.63) is 28.2 Å². The lowest BCUT2D eigenvalue weighted by Crippen LogP contribution is -2.38. The fourth-order valence-electron chi connectivity index (χ4n) is 2.82. The molecule has 1 aromatic rings. The molecule has 1 aromatic carbocycles. The van der Waals surface area contributed by atoms with Crippen molar-refractivity contribution < 1.29 is 17.9 Å². The number of rotatable bonds is 5. The van der Waals surface area contributed by atoms with Gasteiger partial charge in [0.1, 0.15) is 5.60 Å². The van der Waals surface area contributed by atoms with Gasteiger partial charge in [-0.2, -0.15) is 0 Å². The molecule has 0 radical (unpaired) electrons. The molecule has 0 unspecified atom stereocenters.